The Bertz CT molecular complexity index is 1460. The van der Waals surface area contributed by atoms with Crippen LogP contribution in [0.25, 0.3) is 5.70 Å². The molecule has 1 aliphatic rings. The van der Waals surface area contributed by atoms with Gasteiger partial charge in [-0.25, -0.2) is 4.79 Å². The number of para-hydroxylation sites is 1. The number of carbonyl (C=O) groups is 2. The van der Waals surface area contributed by atoms with Gasteiger partial charge in [-0.05, 0) is 36.8 Å². The van der Waals surface area contributed by atoms with Crippen LogP contribution in [0.4, 0.5) is 18.9 Å². The molecule has 1 aromatic heterocycles. The molecule has 0 spiro atoms. The molecular formula is C28H22F3N3O4S. The maximum absolute atomic E-state index is 13.3. The summed E-state index contributed by atoms with van der Waals surface area (Å²) in [7, 11) is 0. The molecular weight excluding hydrogens is 531 g/mol. The van der Waals surface area contributed by atoms with Gasteiger partial charge in [0.05, 0.1) is 63.7 Å². The van der Waals surface area contributed by atoms with Gasteiger partial charge in [0.25, 0.3) is 0 Å². The highest BCUT2D eigenvalue weighted by molar-refractivity contribution is 8.03. The van der Waals surface area contributed by atoms with E-state index in [1.807, 2.05) is 0 Å². The smallest absolute Gasteiger partial charge is 0.418 e. The standard InChI is InChI=1S/C28H22F3N3O4S/c1-2-37-27(36)24-23(21-13-8-14-38-21)18(15-32)26(34-25(24)17-9-4-3-5-10-17)39-16-22(35)33-20-12-7-6-11-19(20)28(29,30)31/h3-14,23,34H,2,16H2,1H3,(H,33,35)/t23-/m1/s1. The van der Waals surface area contributed by atoms with Crippen molar-refractivity contribution in [2.75, 3.05) is 17.7 Å². The van der Waals surface area contributed by atoms with Crippen LogP contribution in [-0.2, 0) is 20.5 Å². The topological polar surface area (TPSA) is 104 Å². The van der Waals surface area contributed by atoms with Crippen molar-refractivity contribution in [3.63, 3.8) is 0 Å². The van der Waals surface area contributed by atoms with Crippen LogP contribution < -0.4 is 10.6 Å². The minimum Gasteiger partial charge on any atom is -0.468 e. The number of thioether (sulfide) groups is 1. The Morgan fingerprint density at radius 2 is 1.82 bits per heavy atom. The molecule has 11 heteroatoms. The number of hydrogen-bond acceptors (Lipinski definition) is 7. The number of hydrogen-bond donors (Lipinski definition) is 2. The third-order valence-electron chi connectivity index (χ3n) is 5.69. The summed E-state index contributed by atoms with van der Waals surface area (Å²) in [4.78, 5) is 25.9. The molecule has 200 valence electrons. The van der Waals surface area contributed by atoms with Crippen molar-refractivity contribution in [2.45, 2.75) is 19.0 Å². The number of furan rings is 1. The summed E-state index contributed by atoms with van der Waals surface area (Å²) in [5.41, 5.74) is -0.105. The van der Waals surface area contributed by atoms with Gasteiger partial charge in [0, 0.05) is 0 Å². The van der Waals surface area contributed by atoms with Gasteiger partial charge in [0.2, 0.25) is 5.91 Å². The maximum atomic E-state index is 13.3. The Kier molecular flexibility index (Phi) is 8.46. The number of benzene rings is 2. The van der Waals surface area contributed by atoms with E-state index in [-0.39, 0.29) is 34.2 Å². The van der Waals surface area contributed by atoms with Gasteiger partial charge in [-0.2, -0.15) is 18.4 Å². The number of carbonyl (C=O) groups excluding carboxylic acids is 2. The number of alkyl halides is 3. The molecule has 1 amide bonds. The largest absolute Gasteiger partial charge is 0.468 e. The molecule has 0 bridgehead atoms. The molecule has 0 aliphatic carbocycles. The van der Waals surface area contributed by atoms with E-state index in [1.54, 1.807) is 49.4 Å². The molecule has 1 atom stereocenters. The first-order valence-electron chi connectivity index (χ1n) is 11.7. The van der Waals surface area contributed by atoms with E-state index in [0.29, 0.717) is 17.0 Å². The van der Waals surface area contributed by atoms with Gasteiger partial charge in [-0.15, -0.1) is 0 Å². The Morgan fingerprint density at radius 3 is 2.46 bits per heavy atom. The highest BCUT2D eigenvalue weighted by Crippen LogP contribution is 2.43. The number of halogens is 3. The molecule has 39 heavy (non-hydrogen) atoms. The van der Waals surface area contributed by atoms with Gasteiger partial charge in [-0.1, -0.05) is 54.2 Å². The lowest BCUT2D eigenvalue weighted by Crippen LogP contribution is -2.29. The van der Waals surface area contributed by atoms with Crippen LogP contribution >= 0.6 is 11.8 Å². The molecule has 2 N–H and O–H groups in total. The van der Waals surface area contributed by atoms with Crippen LogP contribution in [0.3, 0.4) is 0 Å². The minimum atomic E-state index is -4.65. The van der Waals surface area contributed by atoms with Gasteiger partial charge >= 0.3 is 12.1 Å². The number of esters is 1. The fourth-order valence-electron chi connectivity index (χ4n) is 4.06. The van der Waals surface area contributed by atoms with Crippen molar-refractivity contribution in [1.29, 1.82) is 5.26 Å². The highest BCUT2D eigenvalue weighted by Gasteiger charge is 2.39. The second-order valence-corrected chi connectivity index (χ2v) is 9.17. The molecule has 0 radical (unpaired) electrons. The van der Waals surface area contributed by atoms with E-state index >= 15 is 0 Å². The predicted molar refractivity (Wildman–Crippen MR) is 140 cm³/mol. The van der Waals surface area contributed by atoms with Crippen LogP contribution in [0.5, 0.6) is 0 Å². The zero-order chi connectivity index (χ0) is 28.0. The quantitative estimate of drug-likeness (QED) is 0.327. The molecule has 3 aromatic rings. The summed E-state index contributed by atoms with van der Waals surface area (Å²) in [5.74, 6) is -2.31. The van der Waals surface area contributed by atoms with E-state index in [1.165, 1.54) is 24.5 Å². The second-order valence-electron chi connectivity index (χ2n) is 8.18. The number of nitriles is 1. The van der Waals surface area contributed by atoms with E-state index in [4.69, 9.17) is 9.15 Å². The second kappa shape index (κ2) is 12.0. The van der Waals surface area contributed by atoms with E-state index in [2.05, 4.69) is 16.7 Å². The van der Waals surface area contributed by atoms with Crippen molar-refractivity contribution in [3.05, 3.63) is 106 Å². The van der Waals surface area contributed by atoms with E-state index in [9.17, 15) is 28.0 Å². The first-order chi connectivity index (χ1) is 18.7. The summed E-state index contributed by atoms with van der Waals surface area (Å²) in [6, 6.07) is 18.9. The molecule has 7 nitrogen and oxygen atoms in total. The normalized spacial score (nSPS) is 15.4. The van der Waals surface area contributed by atoms with Gasteiger partial charge < -0.3 is 19.8 Å². The van der Waals surface area contributed by atoms with Gasteiger partial charge in [0.15, 0.2) is 0 Å². The number of ether oxygens (including phenoxy) is 1. The van der Waals surface area contributed by atoms with Crippen LogP contribution in [0, 0.1) is 11.3 Å². The lowest BCUT2D eigenvalue weighted by Gasteiger charge is -2.29. The third kappa shape index (κ3) is 6.18. The zero-order valence-corrected chi connectivity index (χ0v) is 21.4. The van der Waals surface area contributed by atoms with E-state index in [0.717, 1.165) is 17.8 Å². The number of nitrogens with zero attached hydrogens (tertiary/aromatic N) is 1. The number of anilines is 1. The van der Waals surface area contributed by atoms with Crippen molar-refractivity contribution in [3.8, 4) is 6.07 Å². The number of dihydropyridines is 1. The number of nitrogens with one attached hydrogen (secondary N) is 2. The summed E-state index contributed by atoms with van der Waals surface area (Å²) >= 11 is 0.922. The van der Waals surface area contributed by atoms with Crippen molar-refractivity contribution >= 4 is 35.0 Å². The van der Waals surface area contributed by atoms with Crippen LogP contribution in [0.15, 0.2) is 93.6 Å². The average molecular weight is 554 g/mol. The van der Waals surface area contributed by atoms with Crippen molar-refractivity contribution < 1.29 is 31.9 Å². The van der Waals surface area contributed by atoms with Crippen LogP contribution in [-0.4, -0.2) is 24.2 Å². The zero-order valence-electron chi connectivity index (χ0n) is 20.5. The number of rotatable bonds is 8. The fraction of sp³-hybridized carbons (Fsp3) is 0.179. The SMILES string of the molecule is CCOC(=O)C1=C(c2ccccc2)NC(SCC(=O)Nc2ccccc2C(F)(F)F)=C(C#N)[C@@H]1c1ccco1. The molecule has 0 saturated carbocycles. The molecule has 0 saturated heterocycles. The molecule has 1 aliphatic heterocycles. The molecule has 0 unspecified atom stereocenters. The molecule has 2 aromatic carbocycles. The first-order valence-corrected chi connectivity index (χ1v) is 12.7. The molecule has 0 fully saturated rings. The van der Waals surface area contributed by atoms with Crippen LogP contribution in [0.1, 0.15) is 29.7 Å². The molecule has 4 rings (SSSR count). The van der Waals surface area contributed by atoms with E-state index < -0.39 is 29.5 Å². The van der Waals surface area contributed by atoms with Crippen molar-refractivity contribution in [1.82, 2.24) is 5.32 Å². The van der Waals surface area contributed by atoms with Crippen LogP contribution in [0.2, 0.25) is 0 Å². The summed E-state index contributed by atoms with van der Waals surface area (Å²) in [6.45, 7) is 1.76. The fourth-order valence-corrected chi connectivity index (χ4v) is 4.90. The van der Waals surface area contributed by atoms with Crippen molar-refractivity contribution in [2.24, 2.45) is 0 Å². The Labute approximate surface area is 226 Å². The average Bonchev–Trinajstić information content (AvgIpc) is 3.46. The molecule has 2 heterocycles. The highest BCUT2D eigenvalue weighted by atomic mass is 32.2. The lowest BCUT2D eigenvalue weighted by molar-refractivity contribution is -0.139. The Balaban J connectivity index is 1.70. The maximum Gasteiger partial charge on any atom is 0.418 e. The minimum absolute atomic E-state index is 0.0983. The lowest BCUT2D eigenvalue weighted by atomic mass is 9.84. The third-order valence-corrected chi connectivity index (χ3v) is 6.71. The summed E-state index contributed by atoms with van der Waals surface area (Å²) in [6.07, 6.45) is -3.23. The first kappa shape index (κ1) is 27.6. The summed E-state index contributed by atoms with van der Waals surface area (Å²) < 4.78 is 51.0. The Morgan fingerprint density at radius 1 is 1.10 bits per heavy atom. The Hall–Kier alpha value is -4.43. The number of allylic oxidation sites excluding steroid dienone is 1. The summed E-state index contributed by atoms with van der Waals surface area (Å²) in [5, 5.41) is 15.8. The number of amides is 1. The van der Waals surface area contributed by atoms with Gasteiger partial charge in [-0.3, -0.25) is 4.79 Å². The van der Waals surface area contributed by atoms with Gasteiger partial charge in [0.1, 0.15) is 5.76 Å². The monoisotopic (exact) mass is 553 g/mol. The predicted octanol–water partition coefficient (Wildman–Crippen LogP) is 6.07.